The van der Waals surface area contributed by atoms with E-state index in [1.807, 2.05) is 0 Å². The van der Waals surface area contributed by atoms with Gasteiger partial charge in [-0.1, -0.05) is 0 Å². The van der Waals surface area contributed by atoms with Crippen molar-refractivity contribution in [2.75, 3.05) is 27.2 Å². The molecule has 1 fully saturated rings. The van der Waals surface area contributed by atoms with E-state index in [9.17, 15) is 18.0 Å². The zero-order valence-corrected chi connectivity index (χ0v) is 17.1. The van der Waals surface area contributed by atoms with Crippen molar-refractivity contribution in [2.24, 2.45) is 0 Å². The first-order chi connectivity index (χ1) is 13.8. The SMILES string of the molecule is CC(=O)Nc1ncc(CC(=O)Nc2n[nH]c3ccc(N4CCCS4(=O)=O)cc23)s1. The number of nitrogens with one attached hydrogen (secondary N) is 3. The third kappa shape index (κ3) is 4.07. The van der Waals surface area contributed by atoms with E-state index in [1.165, 1.54) is 28.8 Å². The molecule has 3 heterocycles. The highest BCUT2D eigenvalue weighted by Crippen LogP contribution is 2.30. The summed E-state index contributed by atoms with van der Waals surface area (Å²) >= 11 is 1.22. The molecule has 0 spiro atoms. The molecule has 1 aromatic carbocycles. The average molecular weight is 435 g/mol. The van der Waals surface area contributed by atoms with Gasteiger partial charge >= 0.3 is 0 Å². The largest absolute Gasteiger partial charge is 0.308 e. The Morgan fingerprint density at radius 1 is 1.31 bits per heavy atom. The van der Waals surface area contributed by atoms with E-state index in [4.69, 9.17) is 0 Å². The maximum absolute atomic E-state index is 12.4. The standard InChI is InChI=1S/C17H18N6O4S2/c1-10(24)19-17-18-9-12(28-17)8-15(25)20-16-13-7-11(3-4-14(13)21-22-16)23-5-2-6-29(23,26)27/h3-4,7,9H,2,5-6,8H2,1H3,(H,18,19,24)(H2,20,21,22,25). The minimum absolute atomic E-state index is 0.0752. The lowest BCUT2D eigenvalue weighted by molar-refractivity contribution is -0.116. The topological polar surface area (TPSA) is 137 Å². The molecule has 152 valence electrons. The van der Waals surface area contributed by atoms with Crippen molar-refractivity contribution < 1.29 is 18.0 Å². The Morgan fingerprint density at radius 3 is 2.86 bits per heavy atom. The number of hydrogen-bond acceptors (Lipinski definition) is 7. The van der Waals surface area contributed by atoms with Crippen molar-refractivity contribution in [3.05, 3.63) is 29.3 Å². The molecule has 0 radical (unpaired) electrons. The van der Waals surface area contributed by atoms with Crippen LogP contribution in [0.4, 0.5) is 16.6 Å². The summed E-state index contributed by atoms with van der Waals surface area (Å²) in [6.07, 6.45) is 2.20. The van der Waals surface area contributed by atoms with Crippen LogP contribution in [0.5, 0.6) is 0 Å². The molecule has 2 aromatic heterocycles. The van der Waals surface area contributed by atoms with Crippen LogP contribution in [0.15, 0.2) is 24.4 Å². The molecule has 1 aliphatic rings. The van der Waals surface area contributed by atoms with Crippen LogP contribution >= 0.6 is 11.3 Å². The van der Waals surface area contributed by atoms with Crippen molar-refractivity contribution in [1.82, 2.24) is 15.2 Å². The summed E-state index contributed by atoms with van der Waals surface area (Å²) in [6.45, 7) is 1.83. The van der Waals surface area contributed by atoms with Gasteiger partial charge in [0.15, 0.2) is 10.9 Å². The molecule has 10 nitrogen and oxygen atoms in total. The zero-order chi connectivity index (χ0) is 20.6. The van der Waals surface area contributed by atoms with Gasteiger partial charge in [-0.3, -0.25) is 19.0 Å². The second-order valence-electron chi connectivity index (χ2n) is 6.58. The molecule has 3 N–H and O–H groups in total. The summed E-state index contributed by atoms with van der Waals surface area (Å²) in [4.78, 5) is 28.2. The van der Waals surface area contributed by atoms with Crippen LogP contribution in [0.1, 0.15) is 18.2 Å². The Balaban J connectivity index is 1.52. The summed E-state index contributed by atoms with van der Waals surface area (Å²) < 4.78 is 25.7. The first kappa shape index (κ1) is 19.3. The zero-order valence-electron chi connectivity index (χ0n) is 15.4. The van der Waals surface area contributed by atoms with Crippen LogP contribution in [-0.4, -0.2) is 47.7 Å². The van der Waals surface area contributed by atoms with E-state index >= 15 is 0 Å². The van der Waals surface area contributed by atoms with E-state index in [0.717, 1.165) is 0 Å². The van der Waals surface area contributed by atoms with Crippen LogP contribution < -0.4 is 14.9 Å². The number of amides is 2. The number of hydrogen-bond donors (Lipinski definition) is 3. The van der Waals surface area contributed by atoms with Crippen LogP contribution in [0.2, 0.25) is 0 Å². The number of rotatable bonds is 5. The Bertz CT molecular complexity index is 1200. The van der Waals surface area contributed by atoms with Gasteiger partial charge in [0, 0.05) is 29.9 Å². The quantitative estimate of drug-likeness (QED) is 0.559. The highest BCUT2D eigenvalue weighted by molar-refractivity contribution is 7.93. The van der Waals surface area contributed by atoms with Crippen LogP contribution in [0, 0.1) is 0 Å². The molecule has 0 aliphatic carbocycles. The number of thiazole rings is 1. The highest BCUT2D eigenvalue weighted by Gasteiger charge is 2.28. The fourth-order valence-corrected chi connectivity index (χ4v) is 5.53. The van der Waals surface area contributed by atoms with Gasteiger partial charge in [-0.15, -0.1) is 11.3 Å². The molecular formula is C17H18N6O4S2. The number of carbonyl (C=O) groups excluding carboxylic acids is 2. The first-order valence-electron chi connectivity index (χ1n) is 8.82. The van der Waals surface area contributed by atoms with Gasteiger partial charge in [-0.2, -0.15) is 5.10 Å². The number of aromatic amines is 1. The van der Waals surface area contributed by atoms with E-state index in [2.05, 4.69) is 25.8 Å². The fraction of sp³-hybridized carbons (Fsp3) is 0.294. The second kappa shape index (κ2) is 7.44. The van der Waals surface area contributed by atoms with Crippen molar-refractivity contribution >= 4 is 60.7 Å². The van der Waals surface area contributed by atoms with Crippen LogP contribution in [0.25, 0.3) is 10.9 Å². The molecule has 29 heavy (non-hydrogen) atoms. The number of sulfonamides is 1. The van der Waals surface area contributed by atoms with Crippen molar-refractivity contribution in [3.8, 4) is 0 Å². The Morgan fingerprint density at radius 2 is 2.14 bits per heavy atom. The van der Waals surface area contributed by atoms with Crippen LogP contribution in [-0.2, 0) is 26.0 Å². The summed E-state index contributed by atoms with van der Waals surface area (Å²) in [5, 5.41) is 13.3. The third-order valence-corrected chi connectivity index (χ3v) is 7.15. The molecule has 1 aliphatic heterocycles. The molecule has 1 saturated heterocycles. The smallest absolute Gasteiger partial charge is 0.235 e. The second-order valence-corrected chi connectivity index (χ2v) is 9.71. The number of H-pyrrole nitrogens is 1. The van der Waals surface area contributed by atoms with E-state index in [-0.39, 0.29) is 24.0 Å². The predicted octanol–water partition coefficient (Wildman–Crippen LogP) is 1.70. The van der Waals surface area contributed by atoms with E-state index < -0.39 is 10.0 Å². The van der Waals surface area contributed by atoms with Crippen molar-refractivity contribution in [1.29, 1.82) is 0 Å². The van der Waals surface area contributed by atoms with Crippen molar-refractivity contribution in [2.45, 2.75) is 19.8 Å². The molecule has 3 aromatic rings. The number of fused-ring (bicyclic) bond motifs is 1. The number of benzene rings is 1. The maximum atomic E-state index is 12.4. The van der Waals surface area contributed by atoms with Gasteiger partial charge in [0.1, 0.15) is 0 Å². The number of carbonyl (C=O) groups is 2. The summed E-state index contributed by atoms with van der Waals surface area (Å²) in [6, 6.07) is 5.17. The molecular weight excluding hydrogens is 416 g/mol. The summed E-state index contributed by atoms with van der Waals surface area (Å²) in [5.74, 6) is -0.0603. The minimum Gasteiger partial charge on any atom is -0.308 e. The average Bonchev–Trinajstić information content (AvgIpc) is 3.33. The van der Waals surface area contributed by atoms with Gasteiger partial charge in [0.05, 0.1) is 23.4 Å². The Labute approximate surface area is 170 Å². The monoisotopic (exact) mass is 434 g/mol. The highest BCUT2D eigenvalue weighted by atomic mass is 32.2. The van der Waals surface area contributed by atoms with E-state index in [0.29, 0.717) is 45.4 Å². The van der Waals surface area contributed by atoms with Gasteiger partial charge < -0.3 is 10.6 Å². The first-order valence-corrected chi connectivity index (χ1v) is 11.2. The van der Waals surface area contributed by atoms with Crippen molar-refractivity contribution in [3.63, 3.8) is 0 Å². The fourth-order valence-electron chi connectivity index (χ4n) is 3.11. The lowest BCUT2D eigenvalue weighted by atomic mass is 10.2. The van der Waals surface area contributed by atoms with Gasteiger partial charge in [-0.25, -0.2) is 13.4 Å². The molecule has 0 saturated carbocycles. The normalized spacial score (nSPS) is 15.6. The minimum atomic E-state index is -3.29. The third-order valence-electron chi connectivity index (χ3n) is 4.36. The Hall–Kier alpha value is -2.99. The van der Waals surface area contributed by atoms with Gasteiger partial charge in [0.25, 0.3) is 0 Å². The molecule has 2 amide bonds. The van der Waals surface area contributed by atoms with Crippen LogP contribution in [0.3, 0.4) is 0 Å². The molecule has 0 bridgehead atoms. The van der Waals surface area contributed by atoms with E-state index in [1.54, 1.807) is 18.2 Å². The summed E-state index contributed by atoms with van der Waals surface area (Å²) in [5.41, 5.74) is 1.24. The van der Waals surface area contributed by atoms with Gasteiger partial charge in [-0.05, 0) is 24.6 Å². The lowest BCUT2D eigenvalue weighted by Gasteiger charge is -2.16. The molecule has 0 unspecified atom stereocenters. The number of anilines is 3. The van der Waals surface area contributed by atoms with Gasteiger partial charge in [0.2, 0.25) is 21.8 Å². The summed E-state index contributed by atoms with van der Waals surface area (Å²) in [7, 11) is -3.29. The lowest BCUT2D eigenvalue weighted by Crippen LogP contribution is -2.24. The molecule has 0 atom stereocenters. The Kier molecular flexibility index (Phi) is 4.96. The maximum Gasteiger partial charge on any atom is 0.235 e. The molecule has 12 heteroatoms. The molecule has 4 rings (SSSR count). The number of aromatic nitrogens is 3. The number of nitrogens with zero attached hydrogens (tertiary/aromatic N) is 3. The predicted molar refractivity (Wildman–Crippen MR) is 111 cm³/mol.